The van der Waals surface area contributed by atoms with Crippen molar-refractivity contribution in [3.8, 4) is 0 Å². The molecule has 0 spiro atoms. The number of aromatic nitrogens is 2. The van der Waals surface area contributed by atoms with Gasteiger partial charge in [-0.15, -0.1) is 0 Å². The Bertz CT molecular complexity index is 851. The van der Waals surface area contributed by atoms with Crippen molar-refractivity contribution in [3.05, 3.63) is 71.8 Å². The number of fused-ring (bicyclic) bond motifs is 1. The largest absolute Gasteiger partial charge is 0.459 e. The Labute approximate surface area is 159 Å². The molecular weight excluding hydrogens is 340 g/mol. The van der Waals surface area contributed by atoms with Gasteiger partial charge in [-0.25, -0.2) is 9.78 Å². The van der Waals surface area contributed by atoms with Gasteiger partial charge in [0, 0.05) is 38.1 Å². The average Bonchev–Trinajstić information content (AvgIpc) is 3.09. The third-order valence-corrected chi connectivity index (χ3v) is 4.64. The van der Waals surface area contributed by atoms with Crippen molar-refractivity contribution in [2.24, 2.45) is 13.0 Å². The first-order chi connectivity index (χ1) is 13.1. The minimum absolute atomic E-state index is 0.0113. The molecule has 0 aliphatic heterocycles. The lowest BCUT2D eigenvalue weighted by Gasteiger charge is -2.20. The van der Waals surface area contributed by atoms with Crippen LogP contribution >= 0.6 is 0 Å². The van der Waals surface area contributed by atoms with Gasteiger partial charge in [0.1, 0.15) is 12.4 Å². The molecule has 0 saturated carbocycles. The number of esters is 1. The molecular formula is C22H24N2O3. The number of aryl methyl sites for hydroxylation is 1. The lowest BCUT2D eigenvalue weighted by Crippen LogP contribution is -2.21. The van der Waals surface area contributed by atoms with Crippen molar-refractivity contribution in [2.45, 2.75) is 31.8 Å². The van der Waals surface area contributed by atoms with Gasteiger partial charge >= 0.3 is 5.97 Å². The fourth-order valence-electron chi connectivity index (χ4n) is 3.24. The molecule has 2 unspecified atom stereocenters. The van der Waals surface area contributed by atoms with E-state index in [2.05, 4.69) is 11.1 Å². The second-order valence-electron chi connectivity index (χ2n) is 6.87. The van der Waals surface area contributed by atoms with Gasteiger partial charge in [-0.1, -0.05) is 36.4 Å². The van der Waals surface area contributed by atoms with Crippen LogP contribution in [-0.4, -0.2) is 27.9 Å². The van der Waals surface area contributed by atoms with Gasteiger partial charge in [-0.05, 0) is 30.0 Å². The molecule has 2 atom stereocenters. The van der Waals surface area contributed by atoms with Gasteiger partial charge in [0.25, 0.3) is 0 Å². The van der Waals surface area contributed by atoms with Crippen LogP contribution in [0.1, 0.15) is 29.7 Å². The summed E-state index contributed by atoms with van der Waals surface area (Å²) in [5.74, 6) is -0.387. The maximum Gasteiger partial charge on any atom is 0.331 e. The minimum Gasteiger partial charge on any atom is -0.459 e. The molecule has 0 bridgehead atoms. The van der Waals surface area contributed by atoms with Crippen molar-refractivity contribution >= 4 is 18.3 Å². The van der Waals surface area contributed by atoms with Crippen molar-refractivity contribution < 1.29 is 14.3 Å². The van der Waals surface area contributed by atoms with Crippen LogP contribution in [0.15, 0.2) is 55.0 Å². The summed E-state index contributed by atoms with van der Waals surface area (Å²) in [6.07, 6.45) is 14.1. The molecule has 1 aromatic heterocycles. The minimum atomic E-state index is -0.376. The highest BCUT2D eigenvalue weighted by Crippen LogP contribution is 2.21. The number of carbonyl (C=O) groups excluding carboxylic acids is 2. The number of aldehydes is 1. The highest BCUT2D eigenvalue weighted by atomic mass is 16.5. The van der Waals surface area contributed by atoms with Crippen LogP contribution in [0, 0.1) is 5.92 Å². The highest BCUT2D eigenvalue weighted by Gasteiger charge is 2.18. The Kier molecular flexibility index (Phi) is 6.36. The number of imidazole rings is 1. The topological polar surface area (TPSA) is 61.2 Å². The molecule has 1 aromatic carbocycles. The third-order valence-electron chi connectivity index (χ3n) is 4.64. The Morgan fingerprint density at radius 1 is 1.19 bits per heavy atom. The van der Waals surface area contributed by atoms with Gasteiger partial charge in [0.15, 0.2) is 0 Å². The van der Waals surface area contributed by atoms with E-state index in [1.807, 2.05) is 48.2 Å². The summed E-state index contributed by atoms with van der Waals surface area (Å²) >= 11 is 0. The number of hydrogen-bond donors (Lipinski definition) is 0. The van der Waals surface area contributed by atoms with Gasteiger partial charge in [-0.3, -0.25) is 0 Å². The Balaban J connectivity index is 1.71. The second-order valence-corrected chi connectivity index (χ2v) is 6.87. The monoisotopic (exact) mass is 364 g/mol. The first-order valence-electron chi connectivity index (χ1n) is 9.18. The summed E-state index contributed by atoms with van der Waals surface area (Å²) in [6, 6.07) is 8.07. The molecule has 0 radical (unpaired) electrons. The quantitative estimate of drug-likeness (QED) is 0.361. The molecule has 1 aliphatic rings. The van der Waals surface area contributed by atoms with E-state index < -0.39 is 0 Å². The van der Waals surface area contributed by atoms with Crippen LogP contribution in [-0.2, 0) is 34.2 Å². The van der Waals surface area contributed by atoms with Gasteiger partial charge < -0.3 is 14.1 Å². The third kappa shape index (κ3) is 5.51. The highest BCUT2D eigenvalue weighted by molar-refractivity contribution is 5.86. The number of hydrogen-bond acceptors (Lipinski definition) is 4. The van der Waals surface area contributed by atoms with Crippen LogP contribution in [0.2, 0.25) is 0 Å². The number of carbonyl (C=O) groups is 2. The predicted molar refractivity (Wildman–Crippen MR) is 104 cm³/mol. The van der Waals surface area contributed by atoms with E-state index >= 15 is 0 Å². The van der Waals surface area contributed by atoms with Crippen LogP contribution in [0.25, 0.3) is 6.08 Å². The predicted octanol–water partition coefficient (Wildman–Crippen LogP) is 3.30. The van der Waals surface area contributed by atoms with Gasteiger partial charge in [-0.2, -0.15) is 0 Å². The summed E-state index contributed by atoms with van der Waals surface area (Å²) in [6.45, 7) is 0. The maximum absolute atomic E-state index is 12.2. The summed E-state index contributed by atoms with van der Waals surface area (Å²) in [4.78, 5) is 27.7. The molecule has 1 heterocycles. The number of rotatable bonds is 4. The summed E-state index contributed by atoms with van der Waals surface area (Å²) < 4.78 is 7.50. The molecule has 0 fully saturated rings. The Morgan fingerprint density at radius 3 is 2.63 bits per heavy atom. The fraction of sp³-hybridized carbons (Fsp3) is 0.318. The molecule has 0 amide bonds. The van der Waals surface area contributed by atoms with Crippen molar-refractivity contribution in [1.82, 2.24) is 9.55 Å². The number of benzene rings is 1. The van der Waals surface area contributed by atoms with Crippen molar-refractivity contribution in [2.75, 3.05) is 0 Å². The molecule has 27 heavy (non-hydrogen) atoms. The van der Waals surface area contributed by atoms with Crippen molar-refractivity contribution in [1.29, 1.82) is 0 Å². The van der Waals surface area contributed by atoms with Crippen LogP contribution in [0.5, 0.6) is 0 Å². The zero-order valence-corrected chi connectivity index (χ0v) is 15.5. The first kappa shape index (κ1) is 18.8. The molecule has 140 valence electrons. The van der Waals surface area contributed by atoms with Crippen LogP contribution in [0.4, 0.5) is 0 Å². The summed E-state index contributed by atoms with van der Waals surface area (Å²) in [7, 11) is 1.88. The van der Waals surface area contributed by atoms with Gasteiger partial charge in [0.2, 0.25) is 0 Å². The maximum atomic E-state index is 12.2. The molecule has 3 rings (SSSR count). The van der Waals surface area contributed by atoms with Crippen molar-refractivity contribution in [3.63, 3.8) is 0 Å². The van der Waals surface area contributed by atoms with E-state index in [-0.39, 0.29) is 18.0 Å². The fourth-order valence-corrected chi connectivity index (χ4v) is 3.24. The van der Waals surface area contributed by atoms with E-state index in [1.54, 1.807) is 12.4 Å². The van der Waals surface area contributed by atoms with E-state index in [0.29, 0.717) is 31.4 Å². The Hall–Kier alpha value is -2.95. The number of ether oxygens (including phenoxy) is 1. The van der Waals surface area contributed by atoms with E-state index in [9.17, 15) is 9.59 Å². The van der Waals surface area contributed by atoms with Crippen LogP contribution < -0.4 is 0 Å². The Morgan fingerprint density at radius 2 is 1.93 bits per heavy atom. The lowest BCUT2D eigenvalue weighted by atomic mass is 9.90. The molecule has 0 N–H and O–H groups in total. The van der Waals surface area contributed by atoms with Gasteiger partial charge in [0.05, 0.1) is 12.0 Å². The van der Waals surface area contributed by atoms with Crippen LogP contribution in [0.3, 0.4) is 0 Å². The lowest BCUT2D eigenvalue weighted by molar-refractivity contribution is -0.142. The zero-order valence-electron chi connectivity index (χ0n) is 15.5. The van der Waals surface area contributed by atoms with E-state index in [4.69, 9.17) is 4.74 Å². The number of allylic oxidation sites excluding steroid dienone is 1. The SMILES string of the molecule is Cn1cnc(C=CC(=O)OC2CC=CCC(C=O)Cc3ccccc3C2)c1. The van der Waals surface area contributed by atoms with E-state index in [1.165, 1.54) is 6.08 Å². The van der Waals surface area contributed by atoms with E-state index in [0.717, 1.165) is 17.4 Å². The second kappa shape index (κ2) is 9.12. The molecule has 2 aromatic rings. The molecule has 1 aliphatic carbocycles. The summed E-state index contributed by atoms with van der Waals surface area (Å²) in [5.41, 5.74) is 2.99. The molecule has 5 heteroatoms. The normalized spacial score (nSPS) is 20.2. The molecule has 0 saturated heterocycles. The summed E-state index contributed by atoms with van der Waals surface area (Å²) in [5, 5.41) is 0. The average molecular weight is 364 g/mol. The first-order valence-corrected chi connectivity index (χ1v) is 9.18. The number of nitrogens with zero attached hydrogens (tertiary/aromatic N) is 2. The standard InChI is InChI=1S/C22H24N2O3/c1-24-14-20(23-16-24)10-11-22(26)27-21-9-5-2-6-17(15-25)12-18-7-3-4-8-19(18)13-21/h2-5,7-8,10-11,14-17,21H,6,9,12-13H2,1H3. The zero-order chi connectivity index (χ0) is 19.1. The molecule has 5 nitrogen and oxygen atoms in total. The smallest absolute Gasteiger partial charge is 0.331 e.